The average molecular weight is 204 g/mol. The molecule has 0 aliphatic carbocycles. The number of aromatic amines is 1. The Bertz CT molecular complexity index is 439. The fourth-order valence-corrected chi connectivity index (χ4v) is 1.90. The van der Waals surface area contributed by atoms with Crippen molar-refractivity contribution >= 4 is 0 Å². The monoisotopic (exact) mass is 204 g/mol. The average Bonchev–Trinajstić information content (AvgIpc) is 2.81. The van der Waals surface area contributed by atoms with Gasteiger partial charge in [0.1, 0.15) is 0 Å². The second kappa shape index (κ2) is 3.90. The van der Waals surface area contributed by atoms with Crippen LogP contribution in [0.15, 0.2) is 18.5 Å². The maximum atomic E-state index is 5.58. The molecule has 3 N–H and O–H groups in total. The zero-order valence-corrected chi connectivity index (χ0v) is 9.12. The Hall–Kier alpha value is -1.55. The van der Waals surface area contributed by atoms with Gasteiger partial charge < -0.3 is 10.7 Å². The Balaban J connectivity index is 2.46. The van der Waals surface area contributed by atoms with Crippen molar-refractivity contribution in [2.45, 2.75) is 13.3 Å². The highest BCUT2D eigenvalue weighted by molar-refractivity contribution is 5.63. The molecule has 0 amide bonds. The van der Waals surface area contributed by atoms with E-state index >= 15 is 0 Å². The second-order valence-electron chi connectivity index (χ2n) is 3.68. The maximum absolute atomic E-state index is 5.58. The third kappa shape index (κ3) is 1.68. The molecular formula is C11H16N4. The lowest BCUT2D eigenvalue weighted by Crippen LogP contribution is -2.08. The molecule has 2 heterocycles. The van der Waals surface area contributed by atoms with Crippen LogP contribution in [0.2, 0.25) is 0 Å². The van der Waals surface area contributed by atoms with Gasteiger partial charge in [0.25, 0.3) is 0 Å². The van der Waals surface area contributed by atoms with Gasteiger partial charge in [-0.05, 0) is 25.1 Å². The summed E-state index contributed by atoms with van der Waals surface area (Å²) in [6, 6.07) is 2.03. The van der Waals surface area contributed by atoms with Crippen molar-refractivity contribution in [3.05, 3.63) is 29.7 Å². The molecule has 15 heavy (non-hydrogen) atoms. The van der Waals surface area contributed by atoms with Crippen molar-refractivity contribution in [2.75, 3.05) is 6.54 Å². The lowest BCUT2D eigenvalue weighted by atomic mass is 10.1. The minimum absolute atomic E-state index is 0.660. The van der Waals surface area contributed by atoms with Crippen LogP contribution in [0.4, 0.5) is 0 Å². The van der Waals surface area contributed by atoms with E-state index in [-0.39, 0.29) is 0 Å². The number of nitrogens with two attached hydrogens (primary N) is 1. The van der Waals surface area contributed by atoms with Gasteiger partial charge >= 0.3 is 0 Å². The smallest absolute Gasteiger partial charge is 0.0970 e. The second-order valence-corrected chi connectivity index (χ2v) is 3.68. The molecule has 80 valence electrons. The van der Waals surface area contributed by atoms with Gasteiger partial charge in [-0.3, -0.25) is 4.68 Å². The molecule has 0 atom stereocenters. The summed E-state index contributed by atoms with van der Waals surface area (Å²) in [4.78, 5) is 3.04. The highest BCUT2D eigenvalue weighted by Crippen LogP contribution is 2.23. The molecule has 4 nitrogen and oxygen atoms in total. The quantitative estimate of drug-likeness (QED) is 0.789. The van der Waals surface area contributed by atoms with Crippen LogP contribution in [-0.2, 0) is 13.5 Å². The first-order valence-electron chi connectivity index (χ1n) is 5.09. The topological polar surface area (TPSA) is 59.6 Å². The molecule has 0 aromatic carbocycles. The van der Waals surface area contributed by atoms with Gasteiger partial charge in [0.2, 0.25) is 0 Å². The minimum atomic E-state index is 0.660. The number of nitrogens with one attached hydrogen (secondary N) is 1. The van der Waals surface area contributed by atoms with E-state index < -0.39 is 0 Å². The molecule has 0 saturated heterocycles. The van der Waals surface area contributed by atoms with E-state index in [4.69, 9.17) is 5.73 Å². The normalized spacial score (nSPS) is 10.9. The number of hydrogen-bond donors (Lipinski definition) is 2. The van der Waals surface area contributed by atoms with Gasteiger partial charge in [-0.2, -0.15) is 5.10 Å². The summed E-state index contributed by atoms with van der Waals surface area (Å²) >= 11 is 0. The Labute approximate surface area is 89.1 Å². The molecule has 0 spiro atoms. The standard InChI is InChI=1S/C11H16N4/c1-8-10(3-5-12)15(2)14-11(8)9-4-6-13-7-9/h4,6-7,13H,3,5,12H2,1-2H3. The molecular weight excluding hydrogens is 188 g/mol. The molecule has 0 saturated carbocycles. The van der Waals surface area contributed by atoms with E-state index in [1.807, 2.05) is 30.2 Å². The van der Waals surface area contributed by atoms with Gasteiger partial charge in [0.05, 0.1) is 5.69 Å². The lowest BCUT2D eigenvalue weighted by molar-refractivity contribution is 0.706. The first-order chi connectivity index (χ1) is 7.24. The fourth-order valence-electron chi connectivity index (χ4n) is 1.90. The Kier molecular flexibility index (Phi) is 2.60. The summed E-state index contributed by atoms with van der Waals surface area (Å²) in [5.74, 6) is 0. The largest absolute Gasteiger partial charge is 0.367 e. The number of aromatic nitrogens is 3. The Morgan fingerprint density at radius 1 is 1.53 bits per heavy atom. The zero-order valence-electron chi connectivity index (χ0n) is 9.12. The fraction of sp³-hybridized carbons (Fsp3) is 0.364. The number of H-pyrrole nitrogens is 1. The molecule has 0 fully saturated rings. The molecule has 2 aromatic heterocycles. The molecule has 0 aliphatic rings. The van der Waals surface area contributed by atoms with Crippen LogP contribution in [0, 0.1) is 6.92 Å². The van der Waals surface area contributed by atoms with Crippen LogP contribution in [0.5, 0.6) is 0 Å². The number of nitrogens with zero attached hydrogens (tertiary/aromatic N) is 2. The first-order valence-corrected chi connectivity index (χ1v) is 5.09. The van der Waals surface area contributed by atoms with Crippen LogP contribution in [-0.4, -0.2) is 21.3 Å². The van der Waals surface area contributed by atoms with Gasteiger partial charge in [-0.1, -0.05) is 0 Å². The van der Waals surface area contributed by atoms with Crippen LogP contribution in [0.25, 0.3) is 11.3 Å². The summed E-state index contributed by atoms with van der Waals surface area (Å²) in [7, 11) is 1.97. The zero-order chi connectivity index (χ0) is 10.8. The van der Waals surface area contributed by atoms with Crippen molar-refractivity contribution in [1.82, 2.24) is 14.8 Å². The maximum Gasteiger partial charge on any atom is 0.0970 e. The summed E-state index contributed by atoms with van der Waals surface area (Å²) in [5, 5.41) is 4.51. The van der Waals surface area contributed by atoms with Gasteiger partial charge in [0.15, 0.2) is 0 Å². The summed E-state index contributed by atoms with van der Waals surface area (Å²) in [6.45, 7) is 2.76. The predicted molar refractivity (Wildman–Crippen MR) is 60.5 cm³/mol. The molecule has 4 heteroatoms. The van der Waals surface area contributed by atoms with Crippen LogP contribution in [0.1, 0.15) is 11.3 Å². The lowest BCUT2D eigenvalue weighted by Gasteiger charge is -1.99. The Morgan fingerprint density at radius 3 is 2.93 bits per heavy atom. The highest BCUT2D eigenvalue weighted by atomic mass is 15.3. The van der Waals surface area contributed by atoms with E-state index in [1.54, 1.807) is 0 Å². The van der Waals surface area contributed by atoms with Crippen LogP contribution in [0.3, 0.4) is 0 Å². The van der Waals surface area contributed by atoms with E-state index in [1.165, 1.54) is 11.3 Å². The van der Waals surface area contributed by atoms with E-state index in [0.717, 1.165) is 17.7 Å². The molecule has 0 unspecified atom stereocenters. The Morgan fingerprint density at radius 2 is 2.33 bits per heavy atom. The van der Waals surface area contributed by atoms with E-state index in [0.29, 0.717) is 6.54 Å². The van der Waals surface area contributed by atoms with Crippen molar-refractivity contribution in [2.24, 2.45) is 12.8 Å². The molecule has 0 bridgehead atoms. The van der Waals surface area contributed by atoms with Crippen LogP contribution >= 0.6 is 0 Å². The van der Waals surface area contributed by atoms with E-state index in [2.05, 4.69) is 17.0 Å². The van der Waals surface area contributed by atoms with Gasteiger partial charge in [-0.25, -0.2) is 0 Å². The summed E-state index contributed by atoms with van der Waals surface area (Å²) in [6.07, 6.45) is 4.74. The molecule has 0 radical (unpaired) electrons. The summed E-state index contributed by atoms with van der Waals surface area (Å²) in [5.41, 5.74) is 10.2. The van der Waals surface area contributed by atoms with Crippen molar-refractivity contribution in [3.63, 3.8) is 0 Å². The molecule has 0 aliphatic heterocycles. The number of hydrogen-bond acceptors (Lipinski definition) is 2. The van der Waals surface area contributed by atoms with Gasteiger partial charge in [-0.15, -0.1) is 0 Å². The third-order valence-corrected chi connectivity index (χ3v) is 2.68. The minimum Gasteiger partial charge on any atom is -0.367 e. The number of rotatable bonds is 3. The molecule has 2 rings (SSSR count). The number of aryl methyl sites for hydroxylation is 1. The summed E-state index contributed by atoms with van der Waals surface area (Å²) < 4.78 is 1.92. The SMILES string of the molecule is Cc1c(-c2cc[nH]c2)nn(C)c1CCN. The van der Waals surface area contributed by atoms with E-state index in [9.17, 15) is 0 Å². The first kappa shape index (κ1) is 9.98. The highest BCUT2D eigenvalue weighted by Gasteiger charge is 2.12. The van der Waals surface area contributed by atoms with Gasteiger partial charge in [0, 0.05) is 37.1 Å². The molecule has 2 aromatic rings. The van der Waals surface area contributed by atoms with Crippen molar-refractivity contribution < 1.29 is 0 Å². The van der Waals surface area contributed by atoms with Crippen molar-refractivity contribution in [3.8, 4) is 11.3 Å². The van der Waals surface area contributed by atoms with Crippen LogP contribution < -0.4 is 5.73 Å². The predicted octanol–water partition coefficient (Wildman–Crippen LogP) is 1.22. The third-order valence-electron chi connectivity index (χ3n) is 2.68. The van der Waals surface area contributed by atoms with Crippen molar-refractivity contribution in [1.29, 1.82) is 0 Å².